The molecule has 0 saturated carbocycles. The smallest absolute Gasteiger partial charge is 0.132 e. The van der Waals surface area contributed by atoms with Crippen LogP contribution in [0.3, 0.4) is 0 Å². The van der Waals surface area contributed by atoms with Crippen LogP contribution in [0.15, 0.2) is 6.07 Å². The van der Waals surface area contributed by atoms with E-state index in [0.717, 1.165) is 24.5 Å². The Bertz CT molecular complexity index is 353. The standard InChI is InChI=1S/C12H22N4/c1-12(2,3)9-8-10(13)15-11(14-9)6-7-16(4)5/h8H,6-7H2,1-5H3,(H2,13,14,15). The van der Waals surface area contributed by atoms with Gasteiger partial charge in [0.2, 0.25) is 0 Å². The zero-order valence-electron chi connectivity index (χ0n) is 10.9. The van der Waals surface area contributed by atoms with Crippen molar-refractivity contribution in [3.63, 3.8) is 0 Å². The first-order chi connectivity index (χ1) is 7.29. The van der Waals surface area contributed by atoms with Crippen molar-refractivity contribution in [1.82, 2.24) is 14.9 Å². The minimum atomic E-state index is 0.0178. The Hall–Kier alpha value is -1.16. The zero-order chi connectivity index (χ0) is 12.3. The van der Waals surface area contributed by atoms with E-state index in [1.165, 1.54) is 0 Å². The Labute approximate surface area is 97.9 Å². The second-order valence-corrected chi connectivity index (χ2v) is 5.40. The maximum absolute atomic E-state index is 5.80. The number of nitrogens with zero attached hydrogens (tertiary/aromatic N) is 3. The number of nitrogen functional groups attached to an aromatic ring is 1. The van der Waals surface area contributed by atoms with Crippen LogP contribution >= 0.6 is 0 Å². The highest BCUT2D eigenvalue weighted by Gasteiger charge is 2.17. The number of anilines is 1. The van der Waals surface area contributed by atoms with Crippen molar-refractivity contribution in [2.24, 2.45) is 0 Å². The molecule has 0 atom stereocenters. The number of aromatic nitrogens is 2. The third-order valence-electron chi connectivity index (χ3n) is 2.34. The third-order valence-corrected chi connectivity index (χ3v) is 2.34. The van der Waals surface area contributed by atoms with Crippen LogP contribution in [0.25, 0.3) is 0 Å². The van der Waals surface area contributed by atoms with Crippen LogP contribution in [0.2, 0.25) is 0 Å². The summed E-state index contributed by atoms with van der Waals surface area (Å²) >= 11 is 0. The van der Waals surface area contributed by atoms with Crippen molar-refractivity contribution in [2.45, 2.75) is 32.6 Å². The van der Waals surface area contributed by atoms with Crippen molar-refractivity contribution in [1.29, 1.82) is 0 Å². The van der Waals surface area contributed by atoms with Gasteiger partial charge in [0.15, 0.2) is 0 Å². The van der Waals surface area contributed by atoms with Crippen molar-refractivity contribution in [2.75, 3.05) is 26.4 Å². The Kier molecular flexibility index (Phi) is 3.86. The molecular formula is C12H22N4. The maximum atomic E-state index is 5.80. The lowest BCUT2D eigenvalue weighted by Gasteiger charge is -2.19. The minimum absolute atomic E-state index is 0.0178. The first-order valence-corrected chi connectivity index (χ1v) is 5.57. The van der Waals surface area contributed by atoms with E-state index in [-0.39, 0.29) is 5.41 Å². The molecule has 0 fully saturated rings. The van der Waals surface area contributed by atoms with Gasteiger partial charge >= 0.3 is 0 Å². The zero-order valence-corrected chi connectivity index (χ0v) is 10.9. The van der Waals surface area contributed by atoms with Gasteiger partial charge in [-0.05, 0) is 14.1 Å². The van der Waals surface area contributed by atoms with Gasteiger partial charge in [0.1, 0.15) is 11.6 Å². The van der Waals surface area contributed by atoms with E-state index in [9.17, 15) is 0 Å². The van der Waals surface area contributed by atoms with Crippen LogP contribution in [0.5, 0.6) is 0 Å². The molecule has 1 rings (SSSR count). The summed E-state index contributed by atoms with van der Waals surface area (Å²) in [5.41, 5.74) is 6.82. The average molecular weight is 222 g/mol. The summed E-state index contributed by atoms with van der Waals surface area (Å²) in [7, 11) is 4.08. The number of hydrogen-bond acceptors (Lipinski definition) is 4. The molecule has 0 aromatic carbocycles. The average Bonchev–Trinajstić information content (AvgIpc) is 2.12. The molecule has 0 aliphatic heterocycles. The lowest BCUT2D eigenvalue weighted by molar-refractivity contribution is 0.408. The molecule has 16 heavy (non-hydrogen) atoms. The monoisotopic (exact) mass is 222 g/mol. The summed E-state index contributed by atoms with van der Waals surface area (Å²) in [4.78, 5) is 10.9. The lowest BCUT2D eigenvalue weighted by atomic mass is 9.92. The summed E-state index contributed by atoms with van der Waals surface area (Å²) in [6.07, 6.45) is 0.834. The molecule has 0 aliphatic rings. The van der Waals surface area contributed by atoms with E-state index in [2.05, 4.69) is 35.6 Å². The van der Waals surface area contributed by atoms with Crippen molar-refractivity contribution in [3.05, 3.63) is 17.6 Å². The number of hydrogen-bond donors (Lipinski definition) is 1. The molecular weight excluding hydrogens is 200 g/mol. The molecule has 0 amide bonds. The van der Waals surface area contributed by atoms with Gasteiger partial charge in [-0.1, -0.05) is 20.8 Å². The van der Waals surface area contributed by atoms with Crippen LogP contribution in [0, 0.1) is 0 Å². The van der Waals surface area contributed by atoms with Gasteiger partial charge in [0.05, 0.1) is 5.69 Å². The molecule has 90 valence electrons. The Morgan fingerprint density at radius 2 is 1.88 bits per heavy atom. The topological polar surface area (TPSA) is 55.0 Å². The fraction of sp³-hybridized carbons (Fsp3) is 0.667. The normalized spacial score (nSPS) is 12.1. The lowest BCUT2D eigenvalue weighted by Crippen LogP contribution is -2.20. The predicted molar refractivity (Wildman–Crippen MR) is 67.4 cm³/mol. The predicted octanol–water partition coefficient (Wildman–Crippen LogP) is 1.46. The first kappa shape index (κ1) is 12.9. The summed E-state index contributed by atoms with van der Waals surface area (Å²) in [5.74, 6) is 1.40. The summed E-state index contributed by atoms with van der Waals surface area (Å²) in [6.45, 7) is 7.33. The van der Waals surface area contributed by atoms with E-state index in [4.69, 9.17) is 5.73 Å². The SMILES string of the molecule is CN(C)CCc1nc(N)cc(C(C)(C)C)n1. The van der Waals surface area contributed by atoms with Crippen molar-refractivity contribution >= 4 is 5.82 Å². The van der Waals surface area contributed by atoms with E-state index in [1.807, 2.05) is 20.2 Å². The highest BCUT2D eigenvalue weighted by Crippen LogP contribution is 2.21. The van der Waals surface area contributed by atoms with Gasteiger partial charge < -0.3 is 10.6 Å². The van der Waals surface area contributed by atoms with Gasteiger partial charge in [0, 0.05) is 24.4 Å². The fourth-order valence-electron chi connectivity index (χ4n) is 1.34. The van der Waals surface area contributed by atoms with Crippen LogP contribution in [-0.2, 0) is 11.8 Å². The number of nitrogens with two attached hydrogens (primary N) is 1. The third kappa shape index (κ3) is 3.77. The summed E-state index contributed by atoms with van der Waals surface area (Å²) in [5, 5.41) is 0. The second kappa shape index (κ2) is 4.78. The molecule has 4 nitrogen and oxygen atoms in total. The Morgan fingerprint density at radius 1 is 1.25 bits per heavy atom. The minimum Gasteiger partial charge on any atom is -0.384 e. The Balaban J connectivity index is 2.90. The molecule has 0 saturated heterocycles. The van der Waals surface area contributed by atoms with E-state index in [1.54, 1.807) is 0 Å². The van der Waals surface area contributed by atoms with Gasteiger partial charge in [-0.25, -0.2) is 9.97 Å². The highest BCUT2D eigenvalue weighted by molar-refractivity contribution is 5.32. The molecule has 0 radical (unpaired) electrons. The quantitative estimate of drug-likeness (QED) is 0.841. The van der Waals surface area contributed by atoms with E-state index in [0.29, 0.717) is 5.82 Å². The second-order valence-electron chi connectivity index (χ2n) is 5.40. The first-order valence-electron chi connectivity index (χ1n) is 5.57. The highest BCUT2D eigenvalue weighted by atomic mass is 15.1. The molecule has 0 bridgehead atoms. The number of likely N-dealkylation sites (N-methyl/N-ethyl adjacent to an activating group) is 1. The van der Waals surface area contributed by atoms with Crippen molar-refractivity contribution in [3.8, 4) is 0 Å². The molecule has 2 N–H and O–H groups in total. The molecule has 0 spiro atoms. The molecule has 0 unspecified atom stereocenters. The molecule has 0 aliphatic carbocycles. The number of rotatable bonds is 3. The molecule has 4 heteroatoms. The van der Waals surface area contributed by atoms with Crippen LogP contribution < -0.4 is 5.73 Å². The molecule has 1 aromatic rings. The molecule has 1 aromatic heterocycles. The summed E-state index contributed by atoms with van der Waals surface area (Å²) in [6, 6.07) is 1.86. The van der Waals surface area contributed by atoms with Crippen LogP contribution in [-0.4, -0.2) is 35.5 Å². The molecule has 1 heterocycles. The maximum Gasteiger partial charge on any atom is 0.132 e. The van der Waals surface area contributed by atoms with Gasteiger partial charge in [-0.3, -0.25) is 0 Å². The fourth-order valence-corrected chi connectivity index (χ4v) is 1.34. The van der Waals surface area contributed by atoms with Crippen LogP contribution in [0.1, 0.15) is 32.3 Å². The van der Waals surface area contributed by atoms with E-state index < -0.39 is 0 Å². The van der Waals surface area contributed by atoms with Crippen molar-refractivity contribution < 1.29 is 0 Å². The summed E-state index contributed by atoms with van der Waals surface area (Å²) < 4.78 is 0. The van der Waals surface area contributed by atoms with Crippen LogP contribution in [0.4, 0.5) is 5.82 Å². The Morgan fingerprint density at radius 3 is 2.38 bits per heavy atom. The van der Waals surface area contributed by atoms with Gasteiger partial charge in [-0.15, -0.1) is 0 Å². The van der Waals surface area contributed by atoms with Gasteiger partial charge in [0.25, 0.3) is 0 Å². The van der Waals surface area contributed by atoms with Gasteiger partial charge in [-0.2, -0.15) is 0 Å². The largest absolute Gasteiger partial charge is 0.384 e. The van der Waals surface area contributed by atoms with E-state index >= 15 is 0 Å².